The van der Waals surface area contributed by atoms with Crippen LogP contribution in [-0.4, -0.2) is 28.9 Å². The standard InChI is InChI=1S/C13H12Br2N2O/c14-10-5-8-9(7-16-12(8)6-11(10)15)13(18)17-3-1-2-4-17/h5-7,16H,1-4H2. The van der Waals surface area contributed by atoms with Gasteiger partial charge in [-0.25, -0.2) is 0 Å². The summed E-state index contributed by atoms with van der Waals surface area (Å²) < 4.78 is 1.95. The fraction of sp³-hybridized carbons (Fsp3) is 0.308. The Bertz CT molecular complexity index is 615. The number of benzene rings is 1. The molecule has 1 fully saturated rings. The van der Waals surface area contributed by atoms with Gasteiger partial charge in [-0.05, 0) is 56.8 Å². The molecular weight excluding hydrogens is 360 g/mol. The van der Waals surface area contributed by atoms with E-state index >= 15 is 0 Å². The van der Waals surface area contributed by atoms with Crippen LogP contribution < -0.4 is 0 Å². The summed E-state index contributed by atoms with van der Waals surface area (Å²) in [6, 6.07) is 3.97. The number of carbonyl (C=O) groups is 1. The second-order valence-electron chi connectivity index (χ2n) is 4.51. The SMILES string of the molecule is O=C(c1c[nH]c2cc(Br)c(Br)cc12)N1CCCC1. The molecule has 2 aromatic rings. The average Bonchev–Trinajstić information content (AvgIpc) is 2.98. The van der Waals surface area contributed by atoms with E-state index in [1.54, 1.807) is 0 Å². The molecule has 0 unspecified atom stereocenters. The van der Waals surface area contributed by atoms with Crippen molar-refractivity contribution in [1.82, 2.24) is 9.88 Å². The Hall–Kier alpha value is -0.810. The number of aromatic nitrogens is 1. The number of hydrogen-bond acceptors (Lipinski definition) is 1. The fourth-order valence-corrected chi connectivity index (χ4v) is 3.07. The molecule has 2 heterocycles. The lowest BCUT2D eigenvalue weighted by Gasteiger charge is -2.14. The number of nitrogens with one attached hydrogen (secondary N) is 1. The Balaban J connectivity index is 2.06. The molecule has 0 spiro atoms. The van der Waals surface area contributed by atoms with E-state index in [1.165, 1.54) is 0 Å². The Kier molecular flexibility index (Phi) is 3.20. The normalized spacial score (nSPS) is 15.6. The first-order chi connectivity index (χ1) is 8.66. The summed E-state index contributed by atoms with van der Waals surface area (Å²) in [5.41, 5.74) is 1.74. The van der Waals surface area contributed by atoms with Crippen molar-refractivity contribution in [2.45, 2.75) is 12.8 Å². The van der Waals surface area contributed by atoms with Crippen molar-refractivity contribution in [1.29, 1.82) is 0 Å². The Morgan fingerprint density at radius 3 is 2.56 bits per heavy atom. The van der Waals surface area contributed by atoms with Crippen LogP contribution in [0.5, 0.6) is 0 Å². The lowest BCUT2D eigenvalue weighted by atomic mass is 10.1. The van der Waals surface area contributed by atoms with E-state index in [1.807, 2.05) is 23.2 Å². The summed E-state index contributed by atoms with van der Waals surface area (Å²) in [5.74, 6) is 0.132. The zero-order valence-electron chi connectivity index (χ0n) is 9.67. The molecule has 1 N–H and O–H groups in total. The monoisotopic (exact) mass is 370 g/mol. The van der Waals surface area contributed by atoms with Crippen molar-refractivity contribution in [3.8, 4) is 0 Å². The Morgan fingerprint density at radius 2 is 1.83 bits per heavy atom. The van der Waals surface area contributed by atoms with Gasteiger partial charge >= 0.3 is 0 Å². The minimum absolute atomic E-state index is 0.132. The highest BCUT2D eigenvalue weighted by molar-refractivity contribution is 9.13. The van der Waals surface area contributed by atoms with Crippen LogP contribution >= 0.6 is 31.9 Å². The molecule has 1 amide bonds. The highest BCUT2D eigenvalue weighted by Crippen LogP contribution is 2.30. The lowest BCUT2D eigenvalue weighted by molar-refractivity contribution is 0.0795. The first-order valence-electron chi connectivity index (χ1n) is 5.92. The van der Waals surface area contributed by atoms with Gasteiger partial charge in [0.15, 0.2) is 0 Å². The van der Waals surface area contributed by atoms with Crippen LogP contribution in [0.4, 0.5) is 0 Å². The molecule has 0 bridgehead atoms. The maximum Gasteiger partial charge on any atom is 0.256 e. The first-order valence-corrected chi connectivity index (χ1v) is 7.51. The second-order valence-corrected chi connectivity index (χ2v) is 6.22. The molecule has 3 rings (SSSR count). The van der Waals surface area contributed by atoms with Gasteiger partial charge in [-0.3, -0.25) is 4.79 Å². The molecule has 0 radical (unpaired) electrons. The lowest BCUT2D eigenvalue weighted by Crippen LogP contribution is -2.27. The Morgan fingerprint density at radius 1 is 1.17 bits per heavy atom. The molecule has 18 heavy (non-hydrogen) atoms. The summed E-state index contributed by atoms with van der Waals surface area (Å²) in [7, 11) is 0. The fourth-order valence-electron chi connectivity index (χ4n) is 2.38. The van der Waals surface area contributed by atoms with Gasteiger partial charge < -0.3 is 9.88 Å². The van der Waals surface area contributed by atoms with Gasteiger partial charge in [-0.1, -0.05) is 0 Å². The topological polar surface area (TPSA) is 36.1 Å². The van der Waals surface area contributed by atoms with E-state index in [4.69, 9.17) is 0 Å². The highest BCUT2D eigenvalue weighted by atomic mass is 79.9. The van der Waals surface area contributed by atoms with Crippen molar-refractivity contribution in [2.24, 2.45) is 0 Å². The van der Waals surface area contributed by atoms with Crippen LogP contribution in [0.2, 0.25) is 0 Å². The number of likely N-dealkylation sites (tertiary alicyclic amines) is 1. The van der Waals surface area contributed by atoms with E-state index in [9.17, 15) is 4.79 Å². The van der Waals surface area contributed by atoms with Gasteiger partial charge in [-0.15, -0.1) is 0 Å². The number of hydrogen-bond donors (Lipinski definition) is 1. The second kappa shape index (κ2) is 4.70. The van der Waals surface area contributed by atoms with E-state index in [-0.39, 0.29) is 5.91 Å². The van der Waals surface area contributed by atoms with Gasteiger partial charge in [0.25, 0.3) is 5.91 Å². The molecule has 1 aromatic carbocycles. The molecule has 1 aliphatic rings. The van der Waals surface area contributed by atoms with Gasteiger partial charge in [0, 0.05) is 39.1 Å². The Labute approximate surface area is 122 Å². The van der Waals surface area contributed by atoms with Gasteiger partial charge in [0.2, 0.25) is 0 Å². The van der Waals surface area contributed by atoms with E-state index in [0.29, 0.717) is 0 Å². The van der Waals surface area contributed by atoms with Crippen molar-refractivity contribution < 1.29 is 4.79 Å². The predicted octanol–water partition coefficient (Wildman–Crippen LogP) is 3.93. The van der Waals surface area contributed by atoms with Crippen LogP contribution in [-0.2, 0) is 0 Å². The number of nitrogens with zero attached hydrogens (tertiary/aromatic N) is 1. The van der Waals surface area contributed by atoms with Crippen LogP contribution in [0.3, 0.4) is 0 Å². The number of fused-ring (bicyclic) bond motifs is 1. The largest absolute Gasteiger partial charge is 0.360 e. The highest BCUT2D eigenvalue weighted by Gasteiger charge is 2.22. The minimum atomic E-state index is 0.132. The summed E-state index contributed by atoms with van der Waals surface area (Å²) in [5, 5.41) is 0.974. The van der Waals surface area contributed by atoms with E-state index in [0.717, 1.165) is 51.3 Å². The molecule has 94 valence electrons. The smallest absolute Gasteiger partial charge is 0.256 e. The quantitative estimate of drug-likeness (QED) is 0.809. The third kappa shape index (κ3) is 1.99. The van der Waals surface area contributed by atoms with Crippen LogP contribution in [0.15, 0.2) is 27.3 Å². The van der Waals surface area contributed by atoms with E-state index < -0.39 is 0 Å². The summed E-state index contributed by atoms with van der Waals surface area (Å²) in [6.45, 7) is 1.76. The zero-order valence-corrected chi connectivity index (χ0v) is 12.8. The van der Waals surface area contributed by atoms with Crippen LogP contribution in [0.25, 0.3) is 10.9 Å². The van der Waals surface area contributed by atoms with Crippen molar-refractivity contribution in [3.05, 3.63) is 32.8 Å². The van der Waals surface area contributed by atoms with Crippen molar-refractivity contribution in [3.63, 3.8) is 0 Å². The number of rotatable bonds is 1. The molecule has 5 heteroatoms. The number of carbonyl (C=O) groups excluding carboxylic acids is 1. The summed E-state index contributed by atoms with van der Waals surface area (Å²) in [6.07, 6.45) is 4.04. The van der Waals surface area contributed by atoms with Gasteiger partial charge in [0.05, 0.1) is 5.56 Å². The molecule has 1 saturated heterocycles. The number of H-pyrrole nitrogens is 1. The number of halogens is 2. The maximum absolute atomic E-state index is 12.4. The predicted molar refractivity (Wildman–Crippen MR) is 78.8 cm³/mol. The van der Waals surface area contributed by atoms with Gasteiger partial charge in [-0.2, -0.15) is 0 Å². The van der Waals surface area contributed by atoms with Gasteiger partial charge in [0.1, 0.15) is 0 Å². The molecular formula is C13H12Br2N2O. The zero-order chi connectivity index (χ0) is 12.7. The van der Waals surface area contributed by atoms with Crippen molar-refractivity contribution in [2.75, 3.05) is 13.1 Å². The number of aromatic amines is 1. The molecule has 1 aliphatic heterocycles. The molecule has 3 nitrogen and oxygen atoms in total. The molecule has 0 aliphatic carbocycles. The third-order valence-corrected chi connectivity index (χ3v) is 5.19. The van der Waals surface area contributed by atoms with Crippen LogP contribution in [0, 0.1) is 0 Å². The maximum atomic E-state index is 12.4. The number of amides is 1. The summed E-state index contributed by atoms with van der Waals surface area (Å²) >= 11 is 6.95. The van der Waals surface area contributed by atoms with E-state index in [2.05, 4.69) is 36.8 Å². The summed E-state index contributed by atoms with van der Waals surface area (Å²) in [4.78, 5) is 17.5. The van der Waals surface area contributed by atoms with Crippen molar-refractivity contribution >= 4 is 48.7 Å². The molecule has 0 saturated carbocycles. The minimum Gasteiger partial charge on any atom is -0.360 e. The molecule has 0 atom stereocenters. The average molecular weight is 372 g/mol. The third-order valence-electron chi connectivity index (χ3n) is 3.35. The van der Waals surface area contributed by atoms with Crippen LogP contribution in [0.1, 0.15) is 23.2 Å². The first kappa shape index (κ1) is 12.2. The molecule has 1 aromatic heterocycles.